The molecule has 0 radical (unpaired) electrons. The van der Waals surface area contributed by atoms with Crippen molar-refractivity contribution in [2.24, 2.45) is 5.92 Å². The second-order valence-electron chi connectivity index (χ2n) is 5.28. The summed E-state index contributed by atoms with van der Waals surface area (Å²) >= 11 is 0. The first-order valence-electron chi connectivity index (χ1n) is 6.51. The number of Topliss-reactive ketones (excluding diaryl/α,β-unsaturated/α-hetero) is 1. The molecule has 0 bridgehead atoms. The van der Waals surface area contributed by atoms with Gasteiger partial charge in [0, 0.05) is 5.56 Å². The quantitative estimate of drug-likeness (QED) is 0.607. The first-order chi connectivity index (χ1) is 8.83. The lowest BCUT2D eigenvalue weighted by Gasteiger charge is -2.01. The Morgan fingerprint density at radius 2 is 1.83 bits per heavy atom. The van der Waals surface area contributed by atoms with Crippen molar-refractivity contribution in [1.29, 1.82) is 0 Å². The Labute approximate surface area is 106 Å². The van der Waals surface area contributed by atoms with Gasteiger partial charge in [-0.15, -0.1) is 0 Å². The molecular formula is C16H14O2. The highest BCUT2D eigenvalue weighted by Gasteiger charge is 2.53. The Morgan fingerprint density at radius 3 is 2.61 bits per heavy atom. The molecule has 1 aliphatic heterocycles. The van der Waals surface area contributed by atoms with Crippen molar-refractivity contribution in [2.75, 3.05) is 0 Å². The minimum absolute atomic E-state index is 0.151. The normalized spacial score (nSPS) is 26.2. The van der Waals surface area contributed by atoms with E-state index in [1.807, 2.05) is 36.4 Å². The van der Waals surface area contributed by atoms with E-state index in [0.29, 0.717) is 5.92 Å². The first kappa shape index (κ1) is 10.3. The first-order valence-corrected chi connectivity index (χ1v) is 6.51. The van der Waals surface area contributed by atoms with Gasteiger partial charge in [0.1, 0.15) is 6.10 Å². The van der Waals surface area contributed by atoms with E-state index < -0.39 is 0 Å². The number of rotatable bonds is 3. The SMILES string of the molecule is O=C(c1ccc2ccccc2c1)[C@@H]1O[C@H]1C1CC1. The van der Waals surface area contributed by atoms with Gasteiger partial charge in [-0.1, -0.05) is 36.4 Å². The Bertz CT molecular complexity index is 628. The molecule has 1 saturated carbocycles. The molecule has 2 aromatic carbocycles. The summed E-state index contributed by atoms with van der Waals surface area (Å²) in [7, 11) is 0. The zero-order chi connectivity index (χ0) is 12.1. The predicted molar refractivity (Wildman–Crippen MR) is 69.7 cm³/mol. The van der Waals surface area contributed by atoms with Gasteiger partial charge in [-0.25, -0.2) is 0 Å². The van der Waals surface area contributed by atoms with Gasteiger partial charge in [-0.2, -0.15) is 0 Å². The third kappa shape index (κ3) is 1.65. The van der Waals surface area contributed by atoms with Crippen LogP contribution in [0, 0.1) is 5.92 Å². The lowest BCUT2D eigenvalue weighted by molar-refractivity contribution is 0.0954. The lowest BCUT2D eigenvalue weighted by atomic mass is 10.0. The van der Waals surface area contributed by atoms with Crippen molar-refractivity contribution in [2.45, 2.75) is 25.0 Å². The molecule has 2 aromatic rings. The van der Waals surface area contributed by atoms with E-state index in [4.69, 9.17) is 4.74 Å². The minimum Gasteiger partial charge on any atom is -0.361 e. The lowest BCUT2D eigenvalue weighted by Crippen LogP contribution is -2.11. The van der Waals surface area contributed by atoms with E-state index in [9.17, 15) is 4.79 Å². The highest BCUT2D eigenvalue weighted by Crippen LogP contribution is 2.45. The summed E-state index contributed by atoms with van der Waals surface area (Å²) in [5.74, 6) is 0.803. The summed E-state index contributed by atoms with van der Waals surface area (Å²) < 4.78 is 5.52. The summed E-state index contributed by atoms with van der Waals surface area (Å²) in [5.41, 5.74) is 0.779. The van der Waals surface area contributed by atoms with Crippen LogP contribution in [-0.4, -0.2) is 18.0 Å². The number of fused-ring (bicyclic) bond motifs is 1. The highest BCUT2D eigenvalue weighted by molar-refractivity contribution is 6.04. The average Bonchev–Trinajstić information content (AvgIpc) is 3.28. The van der Waals surface area contributed by atoms with Crippen LogP contribution in [0.15, 0.2) is 42.5 Å². The Morgan fingerprint density at radius 1 is 1.06 bits per heavy atom. The number of benzene rings is 2. The van der Waals surface area contributed by atoms with Crippen molar-refractivity contribution >= 4 is 16.6 Å². The zero-order valence-corrected chi connectivity index (χ0v) is 10.0. The van der Waals surface area contributed by atoms with Crippen LogP contribution in [0.25, 0.3) is 10.8 Å². The van der Waals surface area contributed by atoms with Crippen LogP contribution < -0.4 is 0 Å². The molecule has 0 amide bonds. The number of carbonyl (C=O) groups excluding carboxylic acids is 1. The molecular weight excluding hydrogens is 224 g/mol. The molecule has 1 aliphatic carbocycles. The van der Waals surface area contributed by atoms with Gasteiger partial charge < -0.3 is 4.74 Å². The molecule has 0 unspecified atom stereocenters. The fourth-order valence-electron chi connectivity index (χ4n) is 2.62. The Hall–Kier alpha value is -1.67. The van der Waals surface area contributed by atoms with Gasteiger partial charge >= 0.3 is 0 Å². The number of carbonyl (C=O) groups is 1. The molecule has 0 spiro atoms. The van der Waals surface area contributed by atoms with Crippen LogP contribution in [0.4, 0.5) is 0 Å². The van der Waals surface area contributed by atoms with Crippen LogP contribution in [0.1, 0.15) is 23.2 Å². The second kappa shape index (κ2) is 3.66. The van der Waals surface area contributed by atoms with Gasteiger partial charge in [0.05, 0.1) is 6.10 Å². The van der Waals surface area contributed by atoms with Gasteiger partial charge in [0.2, 0.25) is 0 Å². The molecule has 0 N–H and O–H groups in total. The summed E-state index contributed by atoms with van der Waals surface area (Å²) in [6, 6.07) is 14.0. The predicted octanol–water partition coefficient (Wildman–Crippen LogP) is 3.20. The molecule has 90 valence electrons. The summed E-state index contributed by atoms with van der Waals surface area (Å²) in [4.78, 5) is 12.3. The Kier molecular flexibility index (Phi) is 2.09. The molecule has 4 rings (SSSR count). The van der Waals surface area contributed by atoms with Crippen molar-refractivity contribution < 1.29 is 9.53 Å². The van der Waals surface area contributed by atoms with Crippen molar-refractivity contribution in [3.8, 4) is 0 Å². The average molecular weight is 238 g/mol. The van der Waals surface area contributed by atoms with Crippen LogP contribution in [0.3, 0.4) is 0 Å². The standard InChI is InChI=1S/C16H14O2/c17-14(16-15(18-16)11-6-7-11)13-8-5-10-3-1-2-4-12(10)9-13/h1-5,8-9,11,15-16H,6-7H2/t15-,16-/m0/s1. The number of hydrogen-bond acceptors (Lipinski definition) is 2. The Balaban J connectivity index is 1.64. The van der Waals surface area contributed by atoms with Crippen LogP contribution in [0.2, 0.25) is 0 Å². The zero-order valence-electron chi connectivity index (χ0n) is 10.0. The molecule has 2 heteroatoms. The van der Waals surface area contributed by atoms with Crippen LogP contribution in [0.5, 0.6) is 0 Å². The number of hydrogen-bond donors (Lipinski definition) is 0. The van der Waals surface area contributed by atoms with Gasteiger partial charge in [-0.3, -0.25) is 4.79 Å². The van der Waals surface area contributed by atoms with Gasteiger partial charge in [0.25, 0.3) is 0 Å². The smallest absolute Gasteiger partial charge is 0.194 e. The maximum atomic E-state index is 12.3. The van der Waals surface area contributed by atoms with E-state index in [1.54, 1.807) is 0 Å². The fraction of sp³-hybridized carbons (Fsp3) is 0.312. The largest absolute Gasteiger partial charge is 0.361 e. The molecule has 2 nitrogen and oxygen atoms in total. The number of epoxide rings is 1. The molecule has 18 heavy (non-hydrogen) atoms. The van der Waals surface area contributed by atoms with E-state index >= 15 is 0 Å². The van der Waals surface area contributed by atoms with E-state index in [0.717, 1.165) is 10.9 Å². The van der Waals surface area contributed by atoms with E-state index in [1.165, 1.54) is 18.2 Å². The minimum atomic E-state index is -0.168. The number of ketones is 1. The topological polar surface area (TPSA) is 29.6 Å². The summed E-state index contributed by atoms with van der Waals surface area (Å²) in [6.07, 6.45) is 2.50. The van der Waals surface area contributed by atoms with Crippen molar-refractivity contribution in [1.82, 2.24) is 0 Å². The second-order valence-corrected chi connectivity index (χ2v) is 5.28. The molecule has 2 aliphatic rings. The van der Waals surface area contributed by atoms with Crippen molar-refractivity contribution in [3.05, 3.63) is 48.0 Å². The van der Waals surface area contributed by atoms with Crippen LogP contribution >= 0.6 is 0 Å². The highest BCUT2D eigenvalue weighted by atomic mass is 16.6. The van der Waals surface area contributed by atoms with Crippen molar-refractivity contribution in [3.63, 3.8) is 0 Å². The summed E-state index contributed by atoms with van der Waals surface area (Å²) in [5, 5.41) is 2.29. The maximum absolute atomic E-state index is 12.3. The molecule has 2 atom stereocenters. The fourth-order valence-corrected chi connectivity index (χ4v) is 2.62. The van der Waals surface area contributed by atoms with E-state index in [2.05, 4.69) is 6.07 Å². The third-order valence-corrected chi connectivity index (χ3v) is 3.90. The van der Waals surface area contributed by atoms with Crippen LogP contribution in [-0.2, 0) is 4.74 Å². The monoisotopic (exact) mass is 238 g/mol. The molecule has 1 saturated heterocycles. The third-order valence-electron chi connectivity index (χ3n) is 3.90. The molecule has 1 heterocycles. The maximum Gasteiger partial charge on any atom is 0.194 e. The summed E-state index contributed by atoms with van der Waals surface area (Å²) in [6.45, 7) is 0. The molecule has 2 fully saturated rings. The van der Waals surface area contributed by atoms with E-state index in [-0.39, 0.29) is 18.0 Å². The number of ether oxygens (including phenoxy) is 1. The van der Waals surface area contributed by atoms with Gasteiger partial charge in [-0.05, 0) is 35.6 Å². The molecule has 0 aromatic heterocycles. The van der Waals surface area contributed by atoms with Gasteiger partial charge in [0.15, 0.2) is 5.78 Å².